The van der Waals surface area contributed by atoms with Gasteiger partial charge in [-0.25, -0.2) is 4.58 Å². The minimum atomic E-state index is -2.14. The molecular formula is C90H96N8O5S15Si3. The number of hydrogen-bond donors (Lipinski definition) is 1. The Kier molecular flexibility index (Phi) is 28.6. The van der Waals surface area contributed by atoms with Gasteiger partial charge in [-0.15, -0.1) is 0 Å². The van der Waals surface area contributed by atoms with E-state index >= 15 is 0 Å². The molecule has 12 aliphatic rings. The third-order valence-corrected chi connectivity index (χ3v) is 62.8. The average Bonchev–Trinajstić information content (AvgIpc) is 0.930. The largest absolute Gasteiger partial charge is 0.469 e. The molecule has 8 aromatic carbocycles. The maximum atomic E-state index is 13.8. The predicted octanol–water partition coefficient (Wildman–Crippen LogP) is 12.1. The van der Waals surface area contributed by atoms with Crippen LogP contribution in [0, 0.1) is 7.43 Å². The van der Waals surface area contributed by atoms with Crippen molar-refractivity contribution in [3.63, 3.8) is 0 Å². The summed E-state index contributed by atoms with van der Waals surface area (Å²) in [6.45, 7) is 28.3. The van der Waals surface area contributed by atoms with Gasteiger partial charge in [0, 0.05) is 273 Å². The second kappa shape index (κ2) is 38.8. The highest BCUT2D eigenvalue weighted by Crippen LogP contribution is 2.51. The summed E-state index contributed by atoms with van der Waals surface area (Å²) in [6.07, 6.45) is 14.9. The number of allylic oxidation sites excluding steroid dienone is 6. The Morgan fingerprint density at radius 3 is 1.26 bits per heavy atom. The van der Waals surface area contributed by atoms with Gasteiger partial charge in [0.05, 0.1) is 20.0 Å². The van der Waals surface area contributed by atoms with Crippen LogP contribution in [0.25, 0.3) is 22.3 Å². The third-order valence-electron chi connectivity index (χ3n) is 25.6. The molecule has 1 N–H and O–H groups in total. The molecule has 121 heavy (non-hydrogen) atoms. The number of ketones is 2. The first-order valence-corrected chi connectivity index (χ1v) is 68.1. The molecule has 6 fully saturated rings. The first-order chi connectivity index (χ1) is 58.4. The topological polar surface area (TPSA) is 136 Å². The summed E-state index contributed by atoms with van der Waals surface area (Å²) in [5.74, 6) is -0.201. The first-order valence-electron chi connectivity index (χ1n) is 40.4. The monoisotopic (exact) mass is 1930 g/mol. The van der Waals surface area contributed by atoms with E-state index in [9.17, 15) is 19.9 Å². The second-order valence-electron chi connectivity index (χ2n) is 32.7. The standard InChI is InChI=1S/C30H33N2O2Si.C29H28N4OSi.C29H28N2OSi.CH4O.CH3.S15/c1-34-29(33)18-21-8-4-5-9-24(21)30-25-12-10-22(31-14-6-15-31)19-27(25)35(2,3)28-20-23(11-13-26(28)30)32-16-7-17-32;1-35(2)25-17-19(32-13-5-14-32)9-11-23(25)29(22-8-4-3-7-21(22)27(34)28(29)31-30)24-12-10-20(18-26(24)35)33-15-6-16-33;1-33(2)25-17-19(30-13-5-14-30)9-11-23(25)27-21-7-3-4-8-22(21)29(32)28(27)24-12-10-20(18-26(24)33)31-15-6-16-31;1-2;;1-3-5-7-9-11-13-15-14-12-10-8-6-4-2/h4-5,8-13,19-20H,6-7,14-18H2,1-3H3;3-4,7-12,17-18H,5-6,13-16H2,1-2H3;3-4,7-12,17-18H,5-6,13-16H2,1-2H3;2H,1H3;1H3;/q+1;;;;-1;. The summed E-state index contributed by atoms with van der Waals surface area (Å²) >= 11 is 9.45. The van der Waals surface area contributed by atoms with Crippen LogP contribution in [-0.4, -0.2) is 160 Å². The smallest absolute Gasteiger partial charge is 0.358 e. The average molecular weight is 1940 g/mol. The molecule has 1 spiro atoms. The fraction of sp³-hybridized carbons (Fsp3) is 0.311. The SMILES string of the molecule is CO.COC(=O)Cc1ccccc1C1=C2C=CC(=[N+]3CCC3)C=C2[Si](C)(C)c2cc(N3CCC3)ccc21.C[Si]1(C)c2cc(N3CCC3)ccc2C2(C(=[N+]=[N-])C(=O)c3ccccc32)c2ccc(N3CCC3)cc21.C[Si]1(C)c2cc(N3CCC3)ccc2C2=C(c3ccccc3C2=O)c2ccc(N3CCC3)cc21.S=S=S=S=S=S=S=S=S=S=S=S=S=S=S.[CH3-]. The predicted molar refractivity (Wildman–Crippen MR) is 553 cm³/mol. The Hall–Kier alpha value is -6.51. The number of fused-ring (bicyclic) bond motifs is 14. The molecule has 0 atom stereocenters. The number of hydrogen-bond acceptors (Lipinski definition) is 12. The Morgan fingerprint density at radius 2 is 0.835 bits per heavy atom. The van der Waals surface area contributed by atoms with Crippen molar-refractivity contribution in [3.8, 4) is 0 Å². The minimum absolute atomic E-state index is 0. The van der Waals surface area contributed by atoms with Gasteiger partial charge >= 0.3 is 11.7 Å². The summed E-state index contributed by atoms with van der Waals surface area (Å²) in [4.78, 5) is 55.8. The molecule has 31 heteroatoms. The fourth-order valence-electron chi connectivity index (χ4n) is 18.7. The van der Waals surface area contributed by atoms with E-state index < -0.39 is 29.6 Å². The fourth-order valence-corrected chi connectivity index (χ4v) is 58.2. The van der Waals surface area contributed by atoms with Gasteiger partial charge in [-0.05, 0) is 191 Å². The zero-order valence-electron chi connectivity index (χ0n) is 69.0. The summed E-state index contributed by atoms with van der Waals surface area (Å²) in [7, 11) is 18.0. The van der Waals surface area contributed by atoms with Gasteiger partial charge in [0.2, 0.25) is 0 Å². The van der Waals surface area contributed by atoms with E-state index in [0.29, 0.717) is 5.56 Å². The highest BCUT2D eigenvalue weighted by Gasteiger charge is 2.63. The van der Waals surface area contributed by atoms with Gasteiger partial charge in [0.15, 0.2) is 16.9 Å². The maximum Gasteiger partial charge on any atom is 0.358 e. The molecule has 20 rings (SSSR count). The number of esters is 1. The number of aliphatic hydroxyl groups is 1. The minimum Gasteiger partial charge on any atom is -0.469 e. The van der Waals surface area contributed by atoms with Crippen LogP contribution in [0.5, 0.6) is 0 Å². The normalized spacial score (nSPS) is 18.0. The van der Waals surface area contributed by atoms with Crippen LogP contribution in [0.2, 0.25) is 39.3 Å². The van der Waals surface area contributed by atoms with Crippen molar-refractivity contribution in [1.82, 2.24) is 0 Å². The first kappa shape index (κ1) is 89.3. The van der Waals surface area contributed by atoms with Crippen LogP contribution in [0.1, 0.15) is 109 Å². The van der Waals surface area contributed by atoms with E-state index in [-0.39, 0.29) is 37.1 Å². The molecule has 628 valence electrons. The van der Waals surface area contributed by atoms with Crippen LogP contribution in [0.3, 0.4) is 0 Å². The van der Waals surface area contributed by atoms with E-state index in [1.165, 1.54) is 151 Å². The van der Waals surface area contributed by atoms with E-state index in [1.54, 1.807) is 97.7 Å². The number of benzene rings is 8. The number of methoxy groups -OCH3 is 1. The number of rotatable bonds is 8. The molecule has 3 aliphatic carbocycles. The van der Waals surface area contributed by atoms with Gasteiger partial charge in [-0.3, -0.25) is 14.4 Å². The Labute approximate surface area is 761 Å². The molecule has 8 aromatic rings. The number of carbonyl (C=O) groups excluding carboxylic acids is 3. The highest BCUT2D eigenvalue weighted by atomic mass is 33.5. The second-order valence-corrected chi connectivity index (χ2v) is 68.6. The van der Waals surface area contributed by atoms with E-state index in [2.05, 4.69) is 213 Å². The quantitative estimate of drug-likeness (QED) is 0.0387. The van der Waals surface area contributed by atoms with Crippen molar-refractivity contribution in [2.75, 3.05) is 117 Å². The van der Waals surface area contributed by atoms with Crippen LogP contribution in [0.4, 0.5) is 28.4 Å². The number of anilines is 5. The molecule has 0 amide bonds. The van der Waals surface area contributed by atoms with Crippen LogP contribution < -0.4 is 50.4 Å². The molecular weight excluding hydrogens is 1840 g/mol. The highest BCUT2D eigenvalue weighted by molar-refractivity contribution is 8.76. The Balaban J connectivity index is 0.000000129. The van der Waals surface area contributed by atoms with Crippen LogP contribution in [-0.2, 0) is 159 Å². The van der Waals surface area contributed by atoms with Crippen molar-refractivity contribution in [2.45, 2.75) is 89.6 Å². The number of carbonyl (C=O) groups is 3. The summed E-state index contributed by atoms with van der Waals surface area (Å²) in [6, 6.07) is 59.0. The number of nitrogens with zero attached hydrogens (tertiary/aromatic N) is 8. The zero-order chi connectivity index (χ0) is 83.6. The molecule has 0 aromatic heterocycles. The summed E-state index contributed by atoms with van der Waals surface area (Å²) in [5, 5.41) is 15.5. The van der Waals surface area contributed by atoms with Gasteiger partial charge < -0.3 is 47.3 Å². The van der Waals surface area contributed by atoms with E-state index in [0.717, 1.165) is 141 Å². The van der Waals surface area contributed by atoms with E-state index in [1.807, 2.05) is 42.5 Å². The van der Waals surface area contributed by atoms with Crippen LogP contribution in [0.15, 0.2) is 193 Å². The number of Topliss-reactive ketones (excluding diaryl/α,β-unsaturated/α-hetero) is 2. The molecule has 6 saturated heterocycles. The van der Waals surface area contributed by atoms with Crippen molar-refractivity contribution in [1.29, 1.82) is 0 Å². The van der Waals surface area contributed by atoms with Crippen molar-refractivity contribution >= 4 is 262 Å². The molecule has 0 unspecified atom stereocenters. The van der Waals surface area contributed by atoms with Gasteiger partial charge in [0.25, 0.3) is 5.78 Å². The third kappa shape index (κ3) is 17.0. The van der Waals surface area contributed by atoms with Gasteiger partial charge in [-0.1, -0.05) is 142 Å². The van der Waals surface area contributed by atoms with Crippen molar-refractivity contribution in [3.05, 3.63) is 267 Å². The molecule has 9 aliphatic heterocycles. The molecule has 13 nitrogen and oxygen atoms in total. The van der Waals surface area contributed by atoms with E-state index in [4.69, 9.17) is 32.2 Å². The van der Waals surface area contributed by atoms with Crippen molar-refractivity contribution in [2.24, 2.45) is 0 Å². The van der Waals surface area contributed by atoms with Gasteiger partial charge in [0.1, 0.15) is 37.3 Å². The number of ether oxygens (including phenoxy) is 1. The van der Waals surface area contributed by atoms with Gasteiger partial charge in [-0.2, -0.15) is 4.79 Å². The Morgan fingerprint density at radius 1 is 0.446 bits per heavy atom. The maximum absolute atomic E-state index is 13.8. The lowest BCUT2D eigenvalue weighted by molar-refractivity contribution is -0.582. The number of aliphatic hydroxyl groups excluding tert-OH is 1. The lowest BCUT2D eigenvalue weighted by atomic mass is 9.68. The molecule has 0 radical (unpaired) electrons. The lowest BCUT2D eigenvalue weighted by Gasteiger charge is -2.44. The summed E-state index contributed by atoms with van der Waals surface area (Å²) in [5.41, 5.74) is 33.8. The summed E-state index contributed by atoms with van der Waals surface area (Å²) < 4.78 is 7.53. The zero-order valence-corrected chi connectivity index (χ0v) is 84.3. The molecule has 0 saturated carbocycles. The molecule has 9 heterocycles. The van der Waals surface area contributed by atoms with Crippen molar-refractivity contribution < 1.29 is 33.6 Å². The Bertz CT molecular complexity index is 6380. The molecule has 0 bridgehead atoms. The van der Waals surface area contributed by atoms with Crippen LogP contribution >= 0.6 is 0 Å². The lowest BCUT2D eigenvalue weighted by Crippen LogP contribution is -2.65.